The molecule has 3 heterocycles. The summed E-state index contributed by atoms with van der Waals surface area (Å²) in [5.41, 5.74) is 2.13. The summed E-state index contributed by atoms with van der Waals surface area (Å²) < 4.78 is 5.50. The van der Waals surface area contributed by atoms with Gasteiger partial charge in [-0.05, 0) is 48.2 Å². The number of ether oxygens (including phenoxy) is 1. The van der Waals surface area contributed by atoms with Crippen molar-refractivity contribution in [3.63, 3.8) is 0 Å². The fraction of sp³-hybridized carbons (Fsp3) is 0.412. The van der Waals surface area contributed by atoms with Gasteiger partial charge in [-0.2, -0.15) is 11.3 Å². The van der Waals surface area contributed by atoms with Gasteiger partial charge >= 0.3 is 6.03 Å². The molecule has 0 saturated carbocycles. The first-order valence-electron chi connectivity index (χ1n) is 7.93. The van der Waals surface area contributed by atoms with Gasteiger partial charge in [-0.1, -0.05) is 6.07 Å². The van der Waals surface area contributed by atoms with Gasteiger partial charge in [0.2, 0.25) is 5.88 Å². The van der Waals surface area contributed by atoms with Crippen LogP contribution in [0, 0.1) is 0 Å². The van der Waals surface area contributed by atoms with E-state index in [9.17, 15) is 4.79 Å². The average Bonchev–Trinajstić information content (AvgIpc) is 3.24. The van der Waals surface area contributed by atoms with Crippen LogP contribution in [0.15, 0.2) is 35.2 Å². The van der Waals surface area contributed by atoms with Crippen molar-refractivity contribution in [1.82, 2.24) is 15.2 Å². The topological polar surface area (TPSA) is 54.5 Å². The maximum Gasteiger partial charge on any atom is 0.318 e. The summed E-state index contributed by atoms with van der Waals surface area (Å²) in [6.45, 7) is 3.71. The normalized spacial score (nSPS) is 17.3. The van der Waals surface area contributed by atoms with E-state index in [0.717, 1.165) is 24.9 Å². The smallest absolute Gasteiger partial charge is 0.318 e. The maximum absolute atomic E-state index is 12.6. The largest absolute Gasteiger partial charge is 0.478 e. The van der Waals surface area contributed by atoms with Gasteiger partial charge in [-0.3, -0.25) is 0 Å². The Balaban J connectivity index is 1.63. The van der Waals surface area contributed by atoms with Gasteiger partial charge in [0.15, 0.2) is 0 Å². The van der Waals surface area contributed by atoms with Gasteiger partial charge in [0.05, 0.1) is 12.6 Å². The van der Waals surface area contributed by atoms with Crippen molar-refractivity contribution in [2.45, 2.75) is 32.4 Å². The summed E-state index contributed by atoms with van der Waals surface area (Å²) in [5.74, 6) is 0.589. The number of pyridine rings is 1. The van der Waals surface area contributed by atoms with Crippen molar-refractivity contribution in [3.8, 4) is 5.88 Å². The Labute approximate surface area is 140 Å². The van der Waals surface area contributed by atoms with E-state index in [4.69, 9.17) is 4.74 Å². The van der Waals surface area contributed by atoms with Gasteiger partial charge < -0.3 is 15.0 Å². The number of nitrogens with one attached hydrogen (secondary N) is 1. The lowest BCUT2D eigenvalue weighted by Gasteiger charge is -2.24. The maximum atomic E-state index is 12.6. The van der Waals surface area contributed by atoms with Gasteiger partial charge in [0.1, 0.15) is 0 Å². The number of thiophene rings is 1. The third-order valence-corrected chi connectivity index (χ3v) is 4.70. The van der Waals surface area contributed by atoms with E-state index in [1.807, 2.05) is 24.0 Å². The van der Waals surface area contributed by atoms with Gasteiger partial charge in [0.25, 0.3) is 0 Å². The Kier molecular flexibility index (Phi) is 5.12. The molecule has 23 heavy (non-hydrogen) atoms. The van der Waals surface area contributed by atoms with Gasteiger partial charge in [-0.25, -0.2) is 9.78 Å². The van der Waals surface area contributed by atoms with Crippen LogP contribution in [0.4, 0.5) is 4.79 Å². The number of nitrogens with zero attached hydrogens (tertiary/aromatic N) is 2. The van der Waals surface area contributed by atoms with Crippen molar-refractivity contribution < 1.29 is 9.53 Å². The van der Waals surface area contributed by atoms with Crippen molar-refractivity contribution in [1.29, 1.82) is 0 Å². The van der Waals surface area contributed by atoms with E-state index >= 15 is 0 Å². The van der Waals surface area contributed by atoms with Crippen LogP contribution in [0.2, 0.25) is 0 Å². The molecule has 3 rings (SSSR count). The number of carbonyl (C=O) groups excluding carboxylic acids is 1. The van der Waals surface area contributed by atoms with Gasteiger partial charge in [0, 0.05) is 24.8 Å². The molecule has 2 amide bonds. The first-order valence-corrected chi connectivity index (χ1v) is 8.87. The highest BCUT2D eigenvalue weighted by molar-refractivity contribution is 7.07. The molecule has 1 aliphatic rings. The van der Waals surface area contributed by atoms with E-state index in [2.05, 4.69) is 27.1 Å². The van der Waals surface area contributed by atoms with Crippen LogP contribution in [-0.2, 0) is 6.54 Å². The Morgan fingerprint density at radius 1 is 1.52 bits per heavy atom. The average molecular weight is 331 g/mol. The molecule has 1 atom stereocenters. The molecule has 5 nitrogen and oxygen atoms in total. The Morgan fingerprint density at radius 3 is 3.22 bits per heavy atom. The summed E-state index contributed by atoms with van der Waals surface area (Å²) in [6.07, 6.45) is 3.77. The molecule has 1 fully saturated rings. The lowest BCUT2D eigenvalue weighted by Crippen LogP contribution is -2.39. The highest BCUT2D eigenvalue weighted by Gasteiger charge is 2.30. The molecular weight excluding hydrogens is 310 g/mol. The van der Waals surface area contributed by atoms with Crippen molar-refractivity contribution >= 4 is 17.4 Å². The van der Waals surface area contributed by atoms with Gasteiger partial charge in [-0.15, -0.1) is 0 Å². The van der Waals surface area contributed by atoms with Crippen molar-refractivity contribution in [2.75, 3.05) is 13.2 Å². The number of hydrogen-bond donors (Lipinski definition) is 1. The summed E-state index contributed by atoms with van der Waals surface area (Å²) in [4.78, 5) is 18.7. The van der Waals surface area contributed by atoms with E-state index in [1.165, 1.54) is 5.56 Å². The molecule has 2 aromatic heterocycles. The number of rotatable bonds is 5. The molecule has 0 aliphatic carbocycles. The Hall–Kier alpha value is -2.08. The summed E-state index contributed by atoms with van der Waals surface area (Å²) in [7, 11) is 0. The molecule has 0 bridgehead atoms. The third-order valence-electron chi connectivity index (χ3n) is 4.00. The molecule has 1 aliphatic heterocycles. The second-order valence-corrected chi connectivity index (χ2v) is 6.25. The predicted octanol–water partition coefficient (Wildman–Crippen LogP) is 3.59. The Bertz CT molecular complexity index is 645. The lowest BCUT2D eigenvalue weighted by atomic mass is 10.1. The quantitative estimate of drug-likeness (QED) is 0.911. The van der Waals surface area contributed by atoms with Crippen LogP contribution in [-0.4, -0.2) is 29.1 Å². The zero-order valence-corrected chi connectivity index (χ0v) is 14.0. The molecule has 6 heteroatoms. The minimum absolute atomic E-state index is 0.0231. The number of hydrogen-bond acceptors (Lipinski definition) is 4. The number of carbonyl (C=O) groups is 1. The van der Waals surface area contributed by atoms with Crippen molar-refractivity contribution in [3.05, 3.63) is 46.3 Å². The summed E-state index contributed by atoms with van der Waals surface area (Å²) in [5, 5.41) is 7.19. The Morgan fingerprint density at radius 2 is 2.43 bits per heavy atom. The highest BCUT2D eigenvalue weighted by atomic mass is 32.1. The summed E-state index contributed by atoms with van der Waals surface area (Å²) in [6, 6.07) is 6.06. The number of likely N-dealkylation sites (tertiary alicyclic amines) is 1. The highest BCUT2D eigenvalue weighted by Crippen LogP contribution is 2.33. The molecular formula is C17H21N3O2S. The second-order valence-electron chi connectivity index (χ2n) is 5.47. The number of amides is 2. The van der Waals surface area contributed by atoms with E-state index in [0.29, 0.717) is 19.0 Å². The fourth-order valence-electron chi connectivity index (χ4n) is 2.92. The minimum atomic E-state index is -0.0231. The SMILES string of the molecule is CCOc1ncccc1CNC(=O)N1CCCC1c1ccsc1. The fourth-order valence-corrected chi connectivity index (χ4v) is 3.63. The first-order chi connectivity index (χ1) is 11.3. The van der Waals surface area contributed by atoms with E-state index < -0.39 is 0 Å². The van der Waals surface area contributed by atoms with Crippen LogP contribution in [0.3, 0.4) is 0 Å². The minimum Gasteiger partial charge on any atom is -0.478 e. The van der Waals surface area contributed by atoms with Crippen LogP contribution in [0.1, 0.15) is 36.9 Å². The first kappa shape index (κ1) is 15.8. The zero-order valence-electron chi connectivity index (χ0n) is 13.2. The van der Waals surface area contributed by atoms with E-state index in [-0.39, 0.29) is 12.1 Å². The number of aromatic nitrogens is 1. The van der Waals surface area contributed by atoms with Crippen LogP contribution in [0.25, 0.3) is 0 Å². The third kappa shape index (κ3) is 3.64. The standard InChI is InChI=1S/C17H21N3O2S/c1-2-22-16-13(5-3-8-18-16)11-19-17(21)20-9-4-6-15(20)14-7-10-23-12-14/h3,5,7-8,10,12,15H,2,4,6,9,11H2,1H3,(H,19,21). The molecule has 0 spiro atoms. The second kappa shape index (κ2) is 7.46. The molecule has 0 radical (unpaired) electrons. The number of urea groups is 1. The summed E-state index contributed by atoms with van der Waals surface area (Å²) >= 11 is 1.67. The monoisotopic (exact) mass is 331 g/mol. The molecule has 0 aromatic carbocycles. The van der Waals surface area contributed by atoms with Crippen LogP contribution >= 0.6 is 11.3 Å². The van der Waals surface area contributed by atoms with Crippen LogP contribution in [0.5, 0.6) is 5.88 Å². The molecule has 122 valence electrons. The lowest BCUT2D eigenvalue weighted by molar-refractivity contribution is 0.192. The molecule has 2 aromatic rings. The molecule has 1 N–H and O–H groups in total. The molecule has 1 unspecified atom stereocenters. The van der Waals surface area contributed by atoms with Crippen molar-refractivity contribution in [2.24, 2.45) is 0 Å². The zero-order chi connectivity index (χ0) is 16.1. The van der Waals surface area contributed by atoms with Crippen LogP contribution < -0.4 is 10.1 Å². The molecule has 1 saturated heterocycles. The van der Waals surface area contributed by atoms with E-state index in [1.54, 1.807) is 17.5 Å². The predicted molar refractivity (Wildman–Crippen MR) is 90.6 cm³/mol.